The summed E-state index contributed by atoms with van der Waals surface area (Å²) in [6.07, 6.45) is 0. The Bertz CT molecular complexity index is 513. The van der Waals surface area contributed by atoms with Crippen LogP contribution in [0, 0.1) is 0 Å². The summed E-state index contributed by atoms with van der Waals surface area (Å²) in [5.74, 6) is 0. The smallest absolute Gasteiger partial charge is 0.0476 e. The van der Waals surface area contributed by atoms with Gasteiger partial charge in [0.05, 0.1) is 0 Å². The first-order chi connectivity index (χ1) is 9.92. The molecule has 2 unspecified atom stereocenters. The lowest BCUT2D eigenvalue weighted by Crippen LogP contribution is -2.58. The summed E-state index contributed by atoms with van der Waals surface area (Å²) >= 11 is 0. The Hall–Kier alpha value is -1.64. The summed E-state index contributed by atoms with van der Waals surface area (Å²) in [4.78, 5) is 5.32. The van der Waals surface area contributed by atoms with Gasteiger partial charge in [-0.3, -0.25) is 9.80 Å². The molecule has 5 rings (SSSR count). The van der Waals surface area contributed by atoms with Crippen LogP contribution in [0.1, 0.15) is 23.2 Å². The number of hydrogen-bond donors (Lipinski definition) is 0. The van der Waals surface area contributed by atoms with E-state index in [4.69, 9.17) is 0 Å². The predicted molar refractivity (Wildman–Crippen MR) is 81.5 cm³/mol. The fourth-order valence-electron chi connectivity index (χ4n) is 3.66. The molecule has 3 aliphatic heterocycles. The van der Waals surface area contributed by atoms with Gasteiger partial charge in [-0.2, -0.15) is 0 Å². The van der Waals surface area contributed by atoms with Crippen molar-refractivity contribution in [2.45, 2.75) is 12.1 Å². The van der Waals surface area contributed by atoms with Crippen LogP contribution in [0.15, 0.2) is 60.7 Å². The van der Waals surface area contributed by atoms with E-state index in [-0.39, 0.29) is 0 Å². The minimum Gasteiger partial charge on any atom is -0.292 e. The van der Waals surface area contributed by atoms with E-state index in [0.29, 0.717) is 12.1 Å². The van der Waals surface area contributed by atoms with Crippen LogP contribution >= 0.6 is 0 Å². The monoisotopic (exact) mass is 264 g/mol. The van der Waals surface area contributed by atoms with Gasteiger partial charge in [0.1, 0.15) is 0 Å². The molecule has 0 aliphatic carbocycles. The summed E-state index contributed by atoms with van der Waals surface area (Å²) in [6, 6.07) is 23.0. The van der Waals surface area contributed by atoms with Crippen LogP contribution in [-0.2, 0) is 0 Å². The normalized spacial score (nSPS) is 32.2. The van der Waals surface area contributed by atoms with Crippen molar-refractivity contribution in [3.05, 3.63) is 71.8 Å². The molecule has 2 bridgehead atoms. The van der Waals surface area contributed by atoms with Crippen molar-refractivity contribution in [3.63, 3.8) is 0 Å². The largest absolute Gasteiger partial charge is 0.292 e. The van der Waals surface area contributed by atoms with Crippen LogP contribution in [-0.4, -0.2) is 36.0 Å². The summed E-state index contributed by atoms with van der Waals surface area (Å²) in [6.45, 7) is 4.71. The number of fused-ring (bicyclic) bond motifs is 3. The van der Waals surface area contributed by atoms with Crippen LogP contribution in [0.2, 0.25) is 0 Å². The first-order valence-corrected chi connectivity index (χ1v) is 7.50. The van der Waals surface area contributed by atoms with Gasteiger partial charge in [-0.25, -0.2) is 0 Å². The predicted octanol–water partition coefficient (Wildman–Crippen LogP) is 3.10. The van der Waals surface area contributed by atoms with Crippen LogP contribution in [0.5, 0.6) is 0 Å². The summed E-state index contributed by atoms with van der Waals surface area (Å²) in [5, 5.41) is 0. The van der Waals surface area contributed by atoms with Crippen molar-refractivity contribution in [2.24, 2.45) is 0 Å². The average Bonchev–Trinajstić information content (AvgIpc) is 2.57. The number of nitrogens with zero attached hydrogens (tertiary/aromatic N) is 2. The number of hydrogen-bond acceptors (Lipinski definition) is 2. The second-order valence-electron chi connectivity index (χ2n) is 5.84. The molecule has 2 aromatic rings. The summed E-state index contributed by atoms with van der Waals surface area (Å²) < 4.78 is 0. The first kappa shape index (κ1) is 12.1. The van der Waals surface area contributed by atoms with Gasteiger partial charge in [0.15, 0.2) is 0 Å². The zero-order valence-electron chi connectivity index (χ0n) is 11.7. The molecular formula is C18H20N2. The van der Waals surface area contributed by atoms with Gasteiger partial charge in [-0.05, 0) is 11.1 Å². The topological polar surface area (TPSA) is 6.48 Å². The van der Waals surface area contributed by atoms with Crippen LogP contribution < -0.4 is 0 Å². The van der Waals surface area contributed by atoms with E-state index < -0.39 is 0 Å². The molecule has 2 aromatic carbocycles. The fourth-order valence-corrected chi connectivity index (χ4v) is 3.66. The zero-order chi connectivity index (χ0) is 13.4. The van der Waals surface area contributed by atoms with E-state index >= 15 is 0 Å². The lowest BCUT2D eigenvalue weighted by atomic mass is 9.93. The standard InChI is InChI=1S/C18H20N2/c1-3-7-15(8-4-1)17-13-20-12-11-19(17)14-18(20)16-9-5-2-6-10-16/h1-10,17-18H,11-14H2/t17-,18-/m0/s1. The maximum Gasteiger partial charge on any atom is 0.0476 e. The van der Waals surface area contributed by atoms with Gasteiger partial charge >= 0.3 is 0 Å². The van der Waals surface area contributed by atoms with Gasteiger partial charge < -0.3 is 0 Å². The Morgan fingerprint density at radius 1 is 0.600 bits per heavy atom. The van der Waals surface area contributed by atoms with Crippen LogP contribution in [0.25, 0.3) is 0 Å². The molecule has 3 saturated heterocycles. The molecule has 0 saturated carbocycles. The Morgan fingerprint density at radius 2 is 1.00 bits per heavy atom. The molecule has 0 amide bonds. The first-order valence-electron chi connectivity index (χ1n) is 7.50. The zero-order valence-corrected chi connectivity index (χ0v) is 11.7. The molecule has 20 heavy (non-hydrogen) atoms. The molecule has 0 radical (unpaired) electrons. The van der Waals surface area contributed by atoms with E-state index in [9.17, 15) is 0 Å². The molecule has 2 nitrogen and oxygen atoms in total. The summed E-state index contributed by atoms with van der Waals surface area (Å²) in [7, 11) is 0. The highest BCUT2D eigenvalue weighted by Gasteiger charge is 2.39. The minimum atomic E-state index is 0.574. The third kappa shape index (κ3) is 2.05. The van der Waals surface area contributed by atoms with Crippen molar-refractivity contribution < 1.29 is 0 Å². The third-order valence-corrected chi connectivity index (χ3v) is 4.74. The van der Waals surface area contributed by atoms with E-state index in [1.807, 2.05) is 0 Å². The lowest BCUT2D eigenvalue weighted by molar-refractivity contribution is -0.0321. The third-order valence-electron chi connectivity index (χ3n) is 4.74. The average molecular weight is 264 g/mol. The molecule has 0 aromatic heterocycles. The number of rotatable bonds is 2. The molecule has 3 heterocycles. The Kier molecular flexibility index (Phi) is 3.06. The molecule has 4 atom stereocenters. The molecule has 3 aliphatic rings. The lowest BCUT2D eigenvalue weighted by Gasteiger charge is -2.52. The Balaban J connectivity index is 1.59. The van der Waals surface area contributed by atoms with Gasteiger partial charge in [0.2, 0.25) is 0 Å². The SMILES string of the molecule is c1ccc([C@@H]2CN3CCN2C[C@H]3c2ccccc2)cc1. The highest BCUT2D eigenvalue weighted by atomic mass is 15.4. The van der Waals surface area contributed by atoms with Crippen molar-refractivity contribution in [1.82, 2.24) is 9.80 Å². The second-order valence-corrected chi connectivity index (χ2v) is 5.84. The second kappa shape index (κ2) is 5.04. The number of piperazine rings is 3. The molecule has 102 valence electrons. The quantitative estimate of drug-likeness (QED) is 0.822. The van der Waals surface area contributed by atoms with Crippen molar-refractivity contribution in [3.8, 4) is 0 Å². The van der Waals surface area contributed by atoms with Crippen LogP contribution in [0.4, 0.5) is 0 Å². The molecular weight excluding hydrogens is 244 g/mol. The van der Waals surface area contributed by atoms with Crippen molar-refractivity contribution >= 4 is 0 Å². The minimum absolute atomic E-state index is 0.574. The van der Waals surface area contributed by atoms with Gasteiger partial charge in [0, 0.05) is 38.3 Å². The Morgan fingerprint density at radius 3 is 1.35 bits per heavy atom. The van der Waals surface area contributed by atoms with E-state index in [1.165, 1.54) is 24.2 Å². The van der Waals surface area contributed by atoms with Gasteiger partial charge in [0.25, 0.3) is 0 Å². The van der Waals surface area contributed by atoms with E-state index in [1.54, 1.807) is 0 Å². The fraction of sp³-hybridized carbons (Fsp3) is 0.333. The highest BCUT2D eigenvalue weighted by Crippen LogP contribution is 2.37. The summed E-state index contributed by atoms with van der Waals surface area (Å²) in [5.41, 5.74) is 2.92. The maximum absolute atomic E-state index is 2.66. The molecule has 0 N–H and O–H groups in total. The number of benzene rings is 2. The van der Waals surface area contributed by atoms with Gasteiger partial charge in [-0.15, -0.1) is 0 Å². The Labute approximate surface area is 120 Å². The molecule has 0 spiro atoms. The highest BCUT2D eigenvalue weighted by molar-refractivity contribution is 5.25. The maximum atomic E-state index is 2.66. The molecule has 2 heteroatoms. The van der Waals surface area contributed by atoms with Gasteiger partial charge in [-0.1, -0.05) is 60.7 Å². The van der Waals surface area contributed by atoms with E-state index in [2.05, 4.69) is 70.5 Å². The van der Waals surface area contributed by atoms with Crippen LogP contribution in [0.3, 0.4) is 0 Å². The van der Waals surface area contributed by atoms with Crippen molar-refractivity contribution in [1.29, 1.82) is 0 Å². The molecule has 3 fully saturated rings. The van der Waals surface area contributed by atoms with Crippen molar-refractivity contribution in [2.75, 3.05) is 26.2 Å². The van der Waals surface area contributed by atoms with E-state index in [0.717, 1.165) is 13.1 Å².